The summed E-state index contributed by atoms with van der Waals surface area (Å²) < 4.78 is 12.8. The summed E-state index contributed by atoms with van der Waals surface area (Å²) in [7, 11) is -0.932. The fourth-order valence-corrected chi connectivity index (χ4v) is 9.17. The van der Waals surface area contributed by atoms with Gasteiger partial charge < -0.3 is 10.8 Å². The Hall–Kier alpha value is -0.520. The molecule has 5 heteroatoms. The first-order valence-electron chi connectivity index (χ1n) is 11.2. The van der Waals surface area contributed by atoms with Gasteiger partial charge in [-0.3, -0.25) is 9.00 Å². The van der Waals surface area contributed by atoms with E-state index in [0.717, 1.165) is 56.9 Å². The molecule has 1 unspecified atom stereocenters. The Bertz CT molecular complexity index is 708. The lowest BCUT2D eigenvalue weighted by molar-refractivity contribution is -0.172. The molecular weight excluding hydrogens is 370 g/mol. The molecule has 0 aliphatic heterocycles. The highest BCUT2D eigenvalue weighted by atomic mass is 32.2. The molecule has 0 bridgehead atoms. The molecule has 4 rings (SSSR count). The van der Waals surface area contributed by atoms with Crippen molar-refractivity contribution in [3.8, 4) is 0 Å². The number of nitrogens with two attached hydrogens (primary N) is 1. The largest absolute Gasteiger partial charge is 0.385 e. The van der Waals surface area contributed by atoms with Crippen LogP contribution in [-0.2, 0) is 15.6 Å². The highest BCUT2D eigenvalue weighted by Gasteiger charge is 2.66. The minimum absolute atomic E-state index is 0.0415. The van der Waals surface area contributed by atoms with E-state index in [1.54, 1.807) is 0 Å². The maximum absolute atomic E-state index is 12.8. The lowest BCUT2D eigenvalue weighted by Gasteiger charge is -2.64. The molecule has 0 aromatic heterocycles. The van der Waals surface area contributed by atoms with Gasteiger partial charge >= 0.3 is 0 Å². The molecule has 4 aliphatic carbocycles. The maximum Gasteiger partial charge on any atom is 0.139 e. The van der Waals surface area contributed by atoms with Crippen LogP contribution >= 0.6 is 0 Å². The van der Waals surface area contributed by atoms with Crippen molar-refractivity contribution in [2.24, 2.45) is 34.3 Å². The highest BCUT2D eigenvalue weighted by molar-refractivity contribution is 7.85. The fraction of sp³-hybridized carbons (Fsp3) is 0.870. The number of aliphatic hydroxyl groups is 1. The van der Waals surface area contributed by atoms with Gasteiger partial charge in [-0.1, -0.05) is 20.4 Å². The van der Waals surface area contributed by atoms with E-state index >= 15 is 0 Å². The summed E-state index contributed by atoms with van der Waals surface area (Å²) in [5.41, 5.74) is 5.23. The van der Waals surface area contributed by atoms with Crippen LogP contribution in [0.4, 0.5) is 0 Å². The molecule has 0 radical (unpaired) electrons. The first kappa shape index (κ1) is 20.7. The van der Waals surface area contributed by atoms with Crippen molar-refractivity contribution in [2.45, 2.75) is 82.5 Å². The van der Waals surface area contributed by atoms with Crippen LogP contribution in [0.25, 0.3) is 0 Å². The Balaban J connectivity index is 1.61. The molecule has 4 aliphatic rings. The third-order valence-electron chi connectivity index (χ3n) is 9.41. The van der Waals surface area contributed by atoms with Crippen molar-refractivity contribution < 1.29 is 14.1 Å². The first-order valence-corrected chi connectivity index (χ1v) is 12.6. The molecule has 28 heavy (non-hydrogen) atoms. The molecule has 0 spiro atoms. The van der Waals surface area contributed by atoms with Gasteiger partial charge in [0.05, 0.1) is 5.60 Å². The second kappa shape index (κ2) is 7.02. The summed E-state index contributed by atoms with van der Waals surface area (Å²) in [4.78, 5) is 12.6. The number of fused-ring (bicyclic) bond motifs is 5. The third-order valence-corrected chi connectivity index (χ3v) is 11.2. The Kier molecular flexibility index (Phi) is 5.20. The number of rotatable bonds is 4. The van der Waals surface area contributed by atoms with Gasteiger partial charge in [0.25, 0.3) is 0 Å². The SMILES string of the molecule is C=C1C[C@H]2[C@@H]3CCC(=O)[C@@]3(C)CC[C@@H]2[C@@]2(C)CC[C@@H](S(=O)CCCN)C[C@]12O. The van der Waals surface area contributed by atoms with Crippen LogP contribution in [0, 0.1) is 28.6 Å². The molecule has 0 amide bonds. The lowest BCUT2D eigenvalue weighted by atomic mass is 9.43. The van der Waals surface area contributed by atoms with Crippen LogP contribution in [0.1, 0.15) is 71.6 Å². The number of hydrogen-bond donors (Lipinski definition) is 2. The first-order chi connectivity index (χ1) is 13.2. The monoisotopic (exact) mass is 407 g/mol. The van der Waals surface area contributed by atoms with Crippen LogP contribution in [0.5, 0.6) is 0 Å². The molecule has 3 N–H and O–H groups in total. The highest BCUT2D eigenvalue weighted by Crippen LogP contribution is 2.67. The van der Waals surface area contributed by atoms with E-state index in [0.29, 0.717) is 42.3 Å². The van der Waals surface area contributed by atoms with Gasteiger partial charge in [0.2, 0.25) is 0 Å². The molecule has 0 aromatic carbocycles. The van der Waals surface area contributed by atoms with Gasteiger partial charge in [-0.15, -0.1) is 0 Å². The minimum atomic E-state index is -0.932. The predicted molar refractivity (Wildman–Crippen MR) is 113 cm³/mol. The number of carbonyl (C=O) groups excluding carboxylic acids is 1. The number of hydrogen-bond acceptors (Lipinski definition) is 4. The summed E-state index contributed by atoms with van der Waals surface area (Å²) in [5.74, 6) is 2.42. The van der Waals surface area contributed by atoms with E-state index in [1.165, 1.54) is 0 Å². The second-order valence-electron chi connectivity index (χ2n) is 10.5. The van der Waals surface area contributed by atoms with Crippen LogP contribution < -0.4 is 5.73 Å². The zero-order valence-electron chi connectivity index (χ0n) is 17.5. The lowest BCUT2D eigenvalue weighted by Crippen LogP contribution is -2.64. The van der Waals surface area contributed by atoms with Crippen molar-refractivity contribution >= 4 is 16.6 Å². The molecule has 4 nitrogen and oxygen atoms in total. The summed E-state index contributed by atoms with van der Waals surface area (Å²) >= 11 is 0. The minimum Gasteiger partial charge on any atom is -0.385 e. The molecule has 4 saturated carbocycles. The zero-order valence-corrected chi connectivity index (χ0v) is 18.4. The van der Waals surface area contributed by atoms with Gasteiger partial charge in [0.1, 0.15) is 5.78 Å². The summed E-state index contributed by atoms with van der Waals surface area (Å²) in [5, 5.41) is 12.0. The molecule has 0 aromatic rings. The van der Waals surface area contributed by atoms with E-state index in [-0.39, 0.29) is 16.1 Å². The Morgan fingerprint density at radius 1 is 1.21 bits per heavy atom. The van der Waals surface area contributed by atoms with Crippen LogP contribution in [0.3, 0.4) is 0 Å². The molecule has 8 atom stereocenters. The Morgan fingerprint density at radius 3 is 2.68 bits per heavy atom. The summed E-state index contributed by atoms with van der Waals surface area (Å²) in [6, 6.07) is 0. The summed E-state index contributed by atoms with van der Waals surface area (Å²) in [6.45, 7) is 9.37. The van der Waals surface area contributed by atoms with Crippen molar-refractivity contribution in [1.29, 1.82) is 0 Å². The van der Waals surface area contributed by atoms with Gasteiger partial charge in [-0.2, -0.15) is 0 Å². The van der Waals surface area contributed by atoms with Crippen LogP contribution in [-0.4, -0.2) is 38.2 Å². The van der Waals surface area contributed by atoms with E-state index in [9.17, 15) is 14.1 Å². The quantitative estimate of drug-likeness (QED) is 0.701. The number of ketones is 1. The van der Waals surface area contributed by atoms with Crippen molar-refractivity contribution in [3.05, 3.63) is 12.2 Å². The number of carbonyl (C=O) groups is 1. The third kappa shape index (κ3) is 2.75. The van der Waals surface area contributed by atoms with E-state index in [2.05, 4.69) is 20.4 Å². The van der Waals surface area contributed by atoms with Crippen LogP contribution in [0.2, 0.25) is 0 Å². The Morgan fingerprint density at radius 2 is 1.96 bits per heavy atom. The number of Topliss-reactive ketones (excluding diaryl/α,β-unsaturated/α-hetero) is 1. The van der Waals surface area contributed by atoms with E-state index in [4.69, 9.17) is 5.73 Å². The Labute approximate surface area is 172 Å². The van der Waals surface area contributed by atoms with Crippen LogP contribution in [0.15, 0.2) is 12.2 Å². The predicted octanol–water partition coefficient (Wildman–Crippen LogP) is 3.35. The smallest absolute Gasteiger partial charge is 0.139 e. The van der Waals surface area contributed by atoms with Gasteiger partial charge in [-0.05, 0) is 81.2 Å². The second-order valence-corrected chi connectivity index (χ2v) is 12.3. The maximum atomic E-state index is 12.8. The average molecular weight is 408 g/mol. The molecule has 0 heterocycles. The normalized spacial score (nSPS) is 49.3. The fourth-order valence-electron chi connectivity index (χ4n) is 7.58. The molecule has 4 fully saturated rings. The van der Waals surface area contributed by atoms with E-state index in [1.807, 2.05) is 0 Å². The standard InChI is InChI=1S/C23H37NO3S/c1-15-13-17-18-5-6-20(25)21(18,2)9-8-19(17)22(3)10-7-16(14-23(15,22)26)28(27)12-4-11-24/h16-19,26H,1,4-14,24H2,2-3H3/t16-,17+,18+,19+,21+,22-,23+,28?/m1/s1. The van der Waals surface area contributed by atoms with Crippen molar-refractivity contribution in [1.82, 2.24) is 0 Å². The molecule has 158 valence electrons. The van der Waals surface area contributed by atoms with Crippen molar-refractivity contribution in [2.75, 3.05) is 12.3 Å². The van der Waals surface area contributed by atoms with Gasteiger partial charge in [0, 0.05) is 39.1 Å². The molecular formula is C23H37NO3S. The van der Waals surface area contributed by atoms with Gasteiger partial charge in [-0.25, -0.2) is 0 Å². The average Bonchev–Trinajstić information content (AvgIpc) is 2.96. The topological polar surface area (TPSA) is 80.4 Å². The zero-order chi connectivity index (χ0) is 20.3. The van der Waals surface area contributed by atoms with E-state index < -0.39 is 16.4 Å². The van der Waals surface area contributed by atoms with Gasteiger partial charge in [0.15, 0.2) is 0 Å². The van der Waals surface area contributed by atoms with Crippen molar-refractivity contribution in [3.63, 3.8) is 0 Å². The summed E-state index contributed by atoms with van der Waals surface area (Å²) in [6.07, 6.45) is 7.70. The molecule has 0 saturated heterocycles.